The third-order valence-corrected chi connectivity index (χ3v) is 2.90. The van der Waals surface area contributed by atoms with Crippen molar-refractivity contribution in [3.05, 3.63) is 60.3 Å². The summed E-state index contributed by atoms with van der Waals surface area (Å²) in [5, 5.41) is 18.2. The van der Waals surface area contributed by atoms with Gasteiger partial charge >= 0.3 is 5.97 Å². The molecule has 0 saturated carbocycles. The molecule has 0 spiro atoms. The van der Waals surface area contributed by atoms with E-state index in [0.29, 0.717) is 5.75 Å². The van der Waals surface area contributed by atoms with Gasteiger partial charge in [0.2, 0.25) is 5.69 Å². The second-order valence-corrected chi connectivity index (χ2v) is 4.29. The lowest BCUT2D eigenvalue weighted by molar-refractivity contribution is 0.0687. The molecule has 21 heavy (non-hydrogen) atoms. The molecule has 6 nitrogen and oxygen atoms in total. The molecule has 0 unspecified atom stereocenters. The molecule has 0 radical (unpaired) electrons. The lowest BCUT2D eigenvalue weighted by atomic mass is 10.1. The van der Waals surface area contributed by atoms with Crippen molar-refractivity contribution in [3.63, 3.8) is 0 Å². The number of ether oxygens (including phenoxy) is 1. The maximum atomic E-state index is 10.9. The predicted molar refractivity (Wildman–Crippen MR) is 75.3 cm³/mol. The molecule has 1 heterocycles. The van der Waals surface area contributed by atoms with Crippen LogP contribution in [0.25, 0.3) is 11.1 Å². The second kappa shape index (κ2) is 5.46. The van der Waals surface area contributed by atoms with E-state index in [1.807, 2.05) is 42.5 Å². The highest BCUT2D eigenvalue weighted by Crippen LogP contribution is 2.25. The number of aromatic carboxylic acids is 1. The molecule has 6 heteroatoms. The quantitative estimate of drug-likeness (QED) is 0.767. The highest BCUT2D eigenvalue weighted by Gasteiger charge is 2.16. The van der Waals surface area contributed by atoms with Crippen LogP contribution in [0.5, 0.6) is 11.6 Å². The van der Waals surface area contributed by atoms with Crippen LogP contribution in [0.15, 0.2) is 54.6 Å². The Bertz CT molecular complexity index is 751. The first-order valence-electron chi connectivity index (χ1n) is 6.22. The van der Waals surface area contributed by atoms with Gasteiger partial charge in [-0.2, -0.15) is 0 Å². The van der Waals surface area contributed by atoms with E-state index in [1.54, 1.807) is 12.1 Å². The van der Waals surface area contributed by atoms with Gasteiger partial charge in [0.15, 0.2) is 0 Å². The highest BCUT2D eigenvalue weighted by atomic mass is 16.5. The molecular formula is C15H11N3O3. The number of carboxylic acids is 1. The number of carbonyl (C=O) groups is 1. The summed E-state index contributed by atoms with van der Waals surface area (Å²) in [5.74, 6) is -0.683. The Morgan fingerprint density at radius 3 is 2.33 bits per heavy atom. The number of nitrogens with zero attached hydrogens (tertiary/aromatic N) is 2. The van der Waals surface area contributed by atoms with Crippen molar-refractivity contribution >= 4 is 5.97 Å². The van der Waals surface area contributed by atoms with E-state index >= 15 is 0 Å². The number of aromatic amines is 1. The summed E-state index contributed by atoms with van der Waals surface area (Å²) < 4.78 is 5.44. The van der Waals surface area contributed by atoms with Crippen molar-refractivity contribution in [2.45, 2.75) is 0 Å². The van der Waals surface area contributed by atoms with Crippen molar-refractivity contribution in [3.8, 4) is 22.8 Å². The number of rotatable bonds is 4. The molecule has 0 aliphatic heterocycles. The van der Waals surface area contributed by atoms with E-state index in [-0.39, 0.29) is 11.6 Å². The second-order valence-electron chi connectivity index (χ2n) is 4.29. The third-order valence-electron chi connectivity index (χ3n) is 2.90. The minimum atomic E-state index is -1.19. The van der Waals surface area contributed by atoms with Crippen molar-refractivity contribution < 1.29 is 14.6 Å². The third kappa shape index (κ3) is 2.74. The van der Waals surface area contributed by atoms with Gasteiger partial charge in [-0.3, -0.25) is 0 Å². The van der Waals surface area contributed by atoms with E-state index in [1.165, 1.54) is 0 Å². The van der Waals surface area contributed by atoms with E-state index in [4.69, 9.17) is 9.84 Å². The molecule has 0 atom stereocenters. The van der Waals surface area contributed by atoms with Gasteiger partial charge in [-0.25, -0.2) is 9.89 Å². The molecule has 0 bridgehead atoms. The molecular weight excluding hydrogens is 270 g/mol. The number of hydrogen-bond acceptors (Lipinski definition) is 4. The Morgan fingerprint density at radius 2 is 1.67 bits per heavy atom. The van der Waals surface area contributed by atoms with Gasteiger partial charge in [0, 0.05) is 0 Å². The number of nitrogens with one attached hydrogen (secondary N) is 1. The van der Waals surface area contributed by atoms with Crippen LogP contribution < -0.4 is 4.74 Å². The van der Waals surface area contributed by atoms with Gasteiger partial charge < -0.3 is 9.84 Å². The van der Waals surface area contributed by atoms with Crippen LogP contribution in [0, 0.1) is 0 Å². The zero-order chi connectivity index (χ0) is 14.7. The van der Waals surface area contributed by atoms with Crippen molar-refractivity contribution in [2.75, 3.05) is 0 Å². The van der Waals surface area contributed by atoms with Crippen molar-refractivity contribution in [1.29, 1.82) is 0 Å². The number of carboxylic acid groups (broad SMARTS) is 1. The molecule has 3 aromatic rings. The van der Waals surface area contributed by atoms with E-state index in [9.17, 15) is 4.79 Å². The number of hydrogen-bond donors (Lipinski definition) is 2. The maximum Gasteiger partial charge on any atom is 0.362 e. The van der Waals surface area contributed by atoms with E-state index in [0.717, 1.165) is 11.1 Å². The highest BCUT2D eigenvalue weighted by molar-refractivity contribution is 5.87. The first-order valence-corrected chi connectivity index (χ1v) is 6.22. The van der Waals surface area contributed by atoms with Crippen LogP contribution in [0.3, 0.4) is 0 Å². The van der Waals surface area contributed by atoms with Gasteiger partial charge in [0.1, 0.15) is 5.75 Å². The Morgan fingerprint density at radius 1 is 1.00 bits per heavy atom. The van der Waals surface area contributed by atoms with E-state index in [2.05, 4.69) is 15.4 Å². The number of aromatic nitrogens is 3. The molecule has 1 aromatic heterocycles. The first kappa shape index (κ1) is 12.9. The molecule has 0 aliphatic rings. The summed E-state index contributed by atoms with van der Waals surface area (Å²) in [6, 6.07) is 17.2. The summed E-state index contributed by atoms with van der Waals surface area (Å²) in [6.07, 6.45) is 0. The Kier molecular flexibility index (Phi) is 3.34. The van der Waals surface area contributed by atoms with E-state index < -0.39 is 5.97 Å². The fourth-order valence-electron chi connectivity index (χ4n) is 1.89. The normalized spacial score (nSPS) is 10.3. The van der Waals surface area contributed by atoms with Gasteiger partial charge in [-0.15, -0.1) is 5.10 Å². The molecule has 104 valence electrons. The minimum Gasteiger partial charge on any atom is -0.476 e. The van der Waals surface area contributed by atoms with Crippen LogP contribution in [0.1, 0.15) is 10.5 Å². The summed E-state index contributed by atoms with van der Waals surface area (Å²) in [7, 11) is 0. The number of benzene rings is 2. The molecule has 2 aromatic carbocycles. The first-order chi connectivity index (χ1) is 10.2. The molecule has 2 N–H and O–H groups in total. The van der Waals surface area contributed by atoms with Crippen LogP contribution in [0.2, 0.25) is 0 Å². The smallest absolute Gasteiger partial charge is 0.362 e. The van der Waals surface area contributed by atoms with Crippen LogP contribution in [-0.2, 0) is 0 Å². The standard InChI is InChI=1S/C15H11N3O3/c19-15(20)13-14(17-18-16-13)21-12-8-6-11(7-9-12)10-4-2-1-3-5-10/h1-9H,(H,19,20)(H,16,17,18). The lowest BCUT2D eigenvalue weighted by Gasteiger charge is -2.05. The fourth-order valence-corrected chi connectivity index (χ4v) is 1.89. The summed E-state index contributed by atoms with van der Waals surface area (Å²) in [5.41, 5.74) is 1.89. The van der Waals surface area contributed by atoms with Crippen LogP contribution in [0.4, 0.5) is 0 Å². The summed E-state index contributed by atoms with van der Waals surface area (Å²) in [4.78, 5) is 10.9. The van der Waals surface area contributed by atoms with Gasteiger partial charge in [0.25, 0.3) is 5.88 Å². The average molecular weight is 281 g/mol. The minimum absolute atomic E-state index is 0.00922. The summed E-state index contributed by atoms with van der Waals surface area (Å²) >= 11 is 0. The van der Waals surface area contributed by atoms with Gasteiger partial charge in [0.05, 0.1) is 0 Å². The molecule has 0 fully saturated rings. The number of H-pyrrole nitrogens is 1. The lowest BCUT2D eigenvalue weighted by Crippen LogP contribution is -1.99. The Balaban J connectivity index is 1.82. The Labute approximate surface area is 120 Å². The van der Waals surface area contributed by atoms with Crippen LogP contribution in [-0.4, -0.2) is 26.5 Å². The molecule has 0 saturated heterocycles. The van der Waals surface area contributed by atoms with Gasteiger partial charge in [-0.05, 0) is 23.3 Å². The fraction of sp³-hybridized carbons (Fsp3) is 0. The van der Waals surface area contributed by atoms with Crippen molar-refractivity contribution in [2.24, 2.45) is 0 Å². The molecule has 3 rings (SSSR count). The van der Waals surface area contributed by atoms with Gasteiger partial charge in [-0.1, -0.05) is 47.7 Å². The maximum absolute atomic E-state index is 10.9. The molecule has 0 amide bonds. The predicted octanol–water partition coefficient (Wildman–Crippen LogP) is 2.96. The zero-order valence-electron chi connectivity index (χ0n) is 10.9. The zero-order valence-corrected chi connectivity index (χ0v) is 10.9. The van der Waals surface area contributed by atoms with Crippen LogP contribution >= 0.6 is 0 Å². The monoisotopic (exact) mass is 281 g/mol. The molecule has 0 aliphatic carbocycles. The topological polar surface area (TPSA) is 88.1 Å². The SMILES string of the molecule is O=C(O)c1nn[nH]c1Oc1ccc(-c2ccccc2)cc1. The Hall–Kier alpha value is -3.15. The summed E-state index contributed by atoms with van der Waals surface area (Å²) in [6.45, 7) is 0. The average Bonchev–Trinajstić information content (AvgIpc) is 2.97. The largest absolute Gasteiger partial charge is 0.476 e. The van der Waals surface area contributed by atoms with Crippen molar-refractivity contribution in [1.82, 2.24) is 15.4 Å².